The zero-order valence-electron chi connectivity index (χ0n) is 5.70. The molecule has 5 heteroatoms. The summed E-state index contributed by atoms with van der Waals surface area (Å²) in [5, 5.41) is 6.40. The molecule has 0 aliphatic carbocycles. The predicted molar refractivity (Wildman–Crippen MR) is 39.3 cm³/mol. The van der Waals surface area contributed by atoms with Crippen LogP contribution in [0.2, 0.25) is 0 Å². The van der Waals surface area contributed by atoms with Crippen molar-refractivity contribution in [2.24, 2.45) is 0 Å². The topological polar surface area (TPSA) is 42.8 Å². The van der Waals surface area contributed by atoms with Gasteiger partial charge in [-0.2, -0.15) is 5.10 Å². The fourth-order valence-electron chi connectivity index (χ4n) is 0.619. The molecule has 0 bridgehead atoms. The van der Waals surface area contributed by atoms with Gasteiger partial charge >= 0.3 is 0 Å². The van der Waals surface area contributed by atoms with Gasteiger partial charge in [-0.3, -0.25) is 5.10 Å². The lowest BCUT2D eigenvalue weighted by atomic mass is 10.7. The average molecular weight is 159 g/mol. The Morgan fingerprint density at radius 3 is 3.20 bits per heavy atom. The molecular formula is C5H9N3OS. The van der Waals surface area contributed by atoms with E-state index in [2.05, 4.69) is 10.2 Å². The largest absolute Gasteiger partial charge is 0.383 e. The zero-order valence-corrected chi connectivity index (χ0v) is 6.52. The third kappa shape index (κ3) is 1.65. The Hall–Kier alpha value is -0.680. The van der Waals surface area contributed by atoms with Crippen LogP contribution in [0.25, 0.3) is 0 Å². The smallest absolute Gasteiger partial charge is 0.195 e. The standard InChI is InChI=1S/C5H9N3OS/c1-9-3-2-8-4-6-7-5(8)10/h4H,2-3H2,1H3,(H,7,10). The van der Waals surface area contributed by atoms with Crippen molar-refractivity contribution in [1.82, 2.24) is 14.8 Å². The van der Waals surface area contributed by atoms with Crippen LogP contribution in [0.3, 0.4) is 0 Å². The van der Waals surface area contributed by atoms with Crippen LogP contribution in [0.4, 0.5) is 0 Å². The van der Waals surface area contributed by atoms with Gasteiger partial charge in [-0.15, -0.1) is 0 Å². The number of aromatic amines is 1. The fourth-order valence-corrected chi connectivity index (χ4v) is 0.810. The van der Waals surface area contributed by atoms with Gasteiger partial charge in [0.15, 0.2) is 4.77 Å². The minimum atomic E-state index is 0.636. The molecule has 4 nitrogen and oxygen atoms in total. The third-order valence-corrected chi connectivity index (χ3v) is 1.48. The summed E-state index contributed by atoms with van der Waals surface area (Å²) in [6.07, 6.45) is 1.65. The van der Waals surface area contributed by atoms with Crippen LogP contribution in [0, 0.1) is 4.77 Å². The van der Waals surface area contributed by atoms with Gasteiger partial charge < -0.3 is 9.30 Å². The number of aromatic nitrogens is 3. The molecule has 0 amide bonds. The van der Waals surface area contributed by atoms with Crippen molar-refractivity contribution >= 4 is 12.2 Å². The van der Waals surface area contributed by atoms with Crippen molar-refractivity contribution in [1.29, 1.82) is 0 Å². The first kappa shape index (κ1) is 7.43. The van der Waals surface area contributed by atoms with Crippen LogP contribution in [-0.4, -0.2) is 28.5 Å². The van der Waals surface area contributed by atoms with Crippen LogP contribution in [0.15, 0.2) is 6.33 Å². The molecule has 10 heavy (non-hydrogen) atoms. The molecule has 1 aromatic heterocycles. The van der Waals surface area contributed by atoms with Crippen LogP contribution >= 0.6 is 12.2 Å². The zero-order chi connectivity index (χ0) is 7.40. The minimum absolute atomic E-state index is 0.636. The van der Waals surface area contributed by atoms with E-state index in [0.717, 1.165) is 6.54 Å². The molecule has 0 aromatic carbocycles. The van der Waals surface area contributed by atoms with Crippen LogP contribution in [0.5, 0.6) is 0 Å². The van der Waals surface area contributed by atoms with Crippen molar-refractivity contribution in [3.8, 4) is 0 Å². The molecule has 0 spiro atoms. The number of H-pyrrole nitrogens is 1. The van der Waals surface area contributed by atoms with Crippen LogP contribution < -0.4 is 0 Å². The van der Waals surface area contributed by atoms with E-state index in [-0.39, 0.29) is 0 Å². The Bertz CT molecular complexity index is 241. The number of hydrogen-bond acceptors (Lipinski definition) is 3. The lowest BCUT2D eigenvalue weighted by Crippen LogP contribution is -2.02. The summed E-state index contributed by atoms with van der Waals surface area (Å²) in [6, 6.07) is 0. The Labute approximate surface area is 63.8 Å². The van der Waals surface area contributed by atoms with E-state index in [0.29, 0.717) is 11.4 Å². The highest BCUT2D eigenvalue weighted by Crippen LogP contribution is 1.86. The van der Waals surface area contributed by atoms with Gasteiger partial charge in [0.2, 0.25) is 0 Å². The monoisotopic (exact) mass is 159 g/mol. The van der Waals surface area contributed by atoms with Crippen LogP contribution in [-0.2, 0) is 11.3 Å². The predicted octanol–water partition coefficient (Wildman–Crippen LogP) is 0.587. The van der Waals surface area contributed by atoms with E-state index in [9.17, 15) is 0 Å². The lowest BCUT2D eigenvalue weighted by molar-refractivity contribution is 0.187. The second-order valence-corrected chi connectivity index (χ2v) is 2.23. The number of nitrogens with zero attached hydrogens (tertiary/aromatic N) is 2. The Morgan fingerprint density at radius 1 is 1.90 bits per heavy atom. The van der Waals surface area contributed by atoms with Gasteiger partial charge in [0, 0.05) is 13.7 Å². The normalized spacial score (nSPS) is 10.1. The van der Waals surface area contributed by atoms with Crippen molar-refractivity contribution < 1.29 is 4.74 Å². The molecule has 1 heterocycles. The van der Waals surface area contributed by atoms with E-state index in [1.807, 2.05) is 4.57 Å². The summed E-state index contributed by atoms with van der Waals surface area (Å²) in [5.74, 6) is 0. The number of rotatable bonds is 3. The molecule has 0 saturated heterocycles. The highest BCUT2D eigenvalue weighted by molar-refractivity contribution is 7.71. The Kier molecular flexibility index (Phi) is 2.58. The van der Waals surface area contributed by atoms with E-state index in [1.165, 1.54) is 0 Å². The van der Waals surface area contributed by atoms with Gasteiger partial charge in [0.1, 0.15) is 6.33 Å². The molecule has 1 N–H and O–H groups in total. The maximum absolute atomic E-state index is 4.89. The van der Waals surface area contributed by atoms with Crippen LogP contribution in [0.1, 0.15) is 0 Å². The third-order valence-electron chi connectivity index (χ3n) is 1.15. The Morgan fingerprint density at radius 2 is 2.70 bits per heavy atom. The first-order chi connectivity index (χ1) is 4.84. The van der Waals surface area contributed by atoms with E-state index >= 15 is 0 Å². The highest BCUT2D eigenvalue weighted by Gasteiger charge is 1.90. The summed E-state index contributed by atoms with van der Waals surface area (Å²) in [4.78, 5) is 0. The summed E-state index contributed by atoms with van der Waals surface area (Å²) in [5.41, 5.74) is 0. The number of ether oxygens (including phenoxy) is 1. The quantitative estimate of drug-likeness (QED) is 0.656. The molecular weight excluding hydrogens is 150 g/mol. The lowest BCUT2D eigenvalue weighted by Gasteiger charge is -1.97. The van der Waals surface area contributed by atoms with Crippen molar-refractivity contribution in [3.05, 3.63) is 11.1 Å². The molecule has 56 valence electrons. The molecule has 0 fully saturated rings. The second-order valence-electron chi connectivity index (χ2n) is 1.85. The number of methoxy groups -OCH3 is 1. The van der Waals surface area contributed by atoms with E-state index in [4.69, 9.17) is 17.0 Å². The molecule has 0 saturated carbocycles. The van der Waals surface area contributed by atoms with Gasteiger partial charge in [0.25, 0.3) is 0 Å². The van der Waals surface area contributed by atoms with Gasteiger partial charge in [-0.1, -0.05) is 0 Å². The van der Waals surface area contributed by atoms with Gasteiger partial charge in [0.05, 0.1) is 6.61 Å². The molecule has 0 radical (unpaired) electrons. The number of hydrogen-bond donors (Lipinski definition) is 1. The first-order valence-corrected chi connectivity index (χ1v) is 3.34. The maximum atomic E-state index is 4.89. The van der Waals surface area contributed by atoms with Crippen molar-refractivity contribution in [3.63, 3.8) is 0 Å². The molecule has 0 atom stereocenters. The van der Waals surface area contributed by atoms with Gasteiger partial charge in [-0.25, -0.2) is 0 Å². The van der Waals surface area contributed by atoms with Gasteiger partial charge in [-0.05, 0) is 12.2 Å². The maximum Gasteiger partial charge on any atom is 0.195 e. The van der Waals surface area contributed by atoms with Crippen molar-refractivity contribution in [2.75, 3.05) is 13.7 Å². The van der Waals surface area contributed by atoms with E-state index in [1.54, 1.807) is 13.4 Å². The molecule has 0 aliphatic heterocycles. The fraction of sp³-hybridized carbons (Fsp3) is 0.600. The minimum Gasteiger partial charge on any atom is -0.383 e. The number of nitrogens with one attached hydrogen (secondary N) is 1. The summed E-state index contributed by atoms with van der Waals surface area (Å²) < 4.78 is 7.32. The first-order valence-electron chi connectivity index (χ1n) is 2.93. The molecule has 0 aliphatic rings. The molecule has 1 aromatic rings. The second kappa shape index (κ2) is 3.48. The molecule has 0 unspecified atom stereocenters. The Balaban J connectivity index is 2.57. The molecule has 1 rings (SSSR count). The highest BCUT2D eigenvalue weighted by atomic mass is 32.1. The van der Waals surface area contributed by atoms with E-state index < -0.39 is 0 Å². The average Bonchev–Trinajstić information content (AvgIpc) is 2.31. The SMILES string of the molecule is COCCn1cn[nH]c1=S. The van der Waals surface area contributed by atoms with Crippen molar-refractivity contribution in [2.45, 2.75) is 6.54 Å². The summed E-state index contributed by atoms with van der Waals surface area (Å²) in [7, 11) is 1.66. The summed E-state index contributed by atoms with van der Waals surface area (Å²) >= 11 is 4.89. The summed E-state index contributed by atoms with van der Waals surface area (Å²) in [6.45, 7) is 1.42.